The highest BCUT2D eigenvalue weighted by Gasteiger charge is 2.29. The molecular formula is C15H28N2O3. The molecule has 1 saturated heterocycles. The smallest absolute Gasteiger partial charge is 0.303 e. The molecule has 0 aromatic heterocycles. The zero-order valence-electron chi connectivity index (χ0n) is 12.9. The Morgan fingerprint density at radius 2 is 1.95 bits per heavy atom. The number of nitrogens with two attached hydrogens (primary N) is 1. The summed E-state index contributed by atoms with van der Waals surface area (Å²) in [4.78, 5) is 24.6. The van der Waals surface area contributed by atoms with Crippen LogP contribution in [0.4, 0.5) is 0 Å². The third-order valence-electron chi connectivity index (χ3n) is 4.25. The topological polar surface area (TPSA) is 83.6 Å². The van der Waals surface area contributed by atoms with Crippen LogP contribution in [0.5, 0.6) is 0 Å². The average molecular weight is 284 g/mol. The summed E-state index contributed by atoms with van der Waals surface area (Å²) < 4.78 is 0. The lowest BCUT2D eigenvalue weighted by molar-refractivity contribution is -0.137. The molecule has 0 aromatic rings. The quantitative estimate of drug-likeness (QED) is 0.825. The van der Waals surface area contributed by atoms with Crippen molar-refractivity contribution in [2.75, 3.05) is 13.1 Å². The first-order valence-electron chi connectivity index (χ1n) is 7.48. The lowest BCUT2D eigenvalue weighted by atomic mass is 9.77. The second-order valence-electron chi connectivity index (χ2n) is 6.86. The standard InChI is InChI=1S/C15H28N2O3/c1-15(2,3)11-5-4-9-17(10-8-11)14(20)12(16)6-7-13(18)19/h11-12H,4-10,16H2,1-3H3,(H,18,19). The molecule has 0 aliphatic carbocycles. The second kappa shape index (κ2) is 7.07. The Morgan fingerprint density at radius 1 is 1.30 bits per heavy atom. The highest BCUT2D eigenvalue weighted by atomic mass is 16.4. The van der Waals surface area contributed by atoms with E-state index in [4.69, 9.17) is 10.8 Å². The minimum atomic E-state index is -0.906. The Morgan fingerprint density at radius 3 is 2.50 bits per heavy atom. The Labute approximate surface area is 121 Å². The summed E-state index contributed by atoms with van der Waals surface area (Å²) in [5.41, 5.74) is 6.08. The Hall–Kier alpha value is -1.10. The zero-order valence-corrected chi connectivity index (χ0v) is 12.9. The van der Waals surface area contributed by atoms with Gasteiger partial charge in [-0.2, -0.15) is 0 Å². The van der Waals surface area contributed by atoms with E-state index in [0.29, 0.717) is 5.92 Å². The number of likely N-dealkylation sites (tertiary alicyclic amines) is 1. The van der Waals surface area contributed by atoms with Crippen molar-refractivity contribution < 1.29 is 14.7 Å². The van der Waals surface area contributed by atoms with Crippen LogP contribution in [-0.2, 0) is 9.59 Å². The first-order valence-corrected chi connectivity index (χ1v) is 7.48. The lowest BCUT2D eigenvalue weighted by Crippen LogP contribution is -2.44. The minimum Gasteiger partial charge on any atom is -0.481 e. The predicted molar refractivity (Wildman–Crippen MR) is 78.2 cm³/mol. The van der Waals surface area contributed by atoms with Gasteiger partial charge in [-0.25, -0.2) is 0 Å². The van der Waals surface area contributed by atoms with E-state index in [1.165, 1.54) is 0 Å². The first-order chi connectivity index (χ1) is 9.21. The van der Waals surface area contributed by atoms with Gasteiger partial charge in [-0.3, -0.25) is 9.59 Å². The van der Waals surface area contributed by atoms with Crippen molar-refractivity contribution in [1.82, 2.24) is 4.90 Å². The first kappa shape index (κ1) is 17.0. The van der Waals surface area contributed by atoms with E-state index in [2.05, 4.69) is 20.8 Å². The molecule has 1 heterocycles. The van der Waals surface area contributed by atoms with Gasteiger partial charge in [-0.15, -0.1) is 0 Å². The maximum Gasteiger partial charge on any atom is 0.303 e. The van der Waals surface area contributed by atoms with Gasteiger partial charge < -0.3 is 15.7 Å². The Balaban J connectivity index is 2.51. The lowest BCUT2D eigenvalue weighted by Gasteiger charge is -2.30. The molecule has 2 unspecified atom stereocenters. The molecule has 1 fully saturated rings. The highest BCUT2D eigenvalue weighted by Crippen LogP contribution is 2.34. The molecule has 0 aromatic carbocycles. The van der Waals surface area contributed by atoms with Gasteiger partial charge in [-0.1, -0.05) is 20.8 Å². The van der Waals surface area contributed by atoms with Crippen LogP contribution in [-0.4, -0.2) is 41.0 Å². The molecule has 0 spiro atoms. The Kier molecular flexibility index (Phi) is 5.99. The molecule has 1 rings (SSSR count). The fourth-order valence-electron chi connectivity index (χ4n) is 2.82. The molecule has 1 aliphatic heterocycles. The number of nitrogens with zero attached hydrogens (tertiary/aromatic N) is 1. The number of carbonyl (C=O) groups excluding carboxylic acids is 1. The molecule has 20 heavy (non-hydrogen) atoms. The number of carboxylic acids is 1. The highest BCUT2D eigenvalue weighted by molar-refractivity contribution is 5.82. The van der Waals surface area contributed by atoms with Crippen molar-refractivity contribution in [3.05, 3.63) is 0 Å². The monoisotopic (exact) mass is 284 g/mol. The normalized spacial score (nSPS) is 22.2. The van der Waals surface area contributed by atoms with Gasteiger partial charge in [0.2, 0.25) is 5.91 Å². The zero-order chi connectivity index (χ0) is 15.3. The van der Waals surface area contributed by atoms with Gasteiger partial charge >= 0.3 is 5.97 Å². The number of hydrogen-bond donors (Lipinski definition) is 2. The number of amides is 1. The van der Waals surface area contributed by atoms with Crippen molar-refractivity contribution >= 4 is 11.9 Å². The number of carbonyl (C=O) groups is 2. The van der Waals surface area contributed by atoms with E-state index in [1.54, 1.807) is 0 Å². The average Bonchev–Trinajstić information content (AvgIpc) is 2.60. The van der Waals surface area contributed by atoms with Crippen LogP contribution in [0.15, 0.2) is 0 Å². The van der Waals surface area contributed by atoms with Gasteiger partial charge in [0.1, 0.15) is 0 Å². The van der Waals surface area contributed by atoms with Crippen molar-refractivity contribution in [1.29, 1.82) is 0 Å². The number of aliphatic carboxylic acids is 1. The summed E-state index contributed by atoms with van der Waals surface area (Å²) in [6.45, 7) is 8.21. The summed E-state index contributed by atoms with van der Waals surface area (Å²) in [5.74, 6) is -0.381. The van der Waals surface area contributed by atoms with E-state index >= 15 is 0 Å². The van der Waals surface area contributed by atoms with E-state index < -0.39 is 12.0 Å². The molecule has 2 atom stereocenters. The maximum absolute atomic E-state index is 12.2. The molecule has 0 radical (unpaired) electrons. The molecule has 0 bridgehead atoms. The SMILES string of the molecule is CC(C)(C)C1CCCN(C(=O)C(N)CCC(=O)O)CC1. The fourth-order valence-corrected chi connectivity index (χ4v) is 2.82. The molecule has 5 nitrogen and oxygen atoms in total. The van der Waals surface area contributed by atoms with Crippen LogP contribution < -0.4 is 5.73 Å². The minimum absolute atomic E-state index is 0.0502. The van der Waals surface area contributed by atoms with Gasteiger partial charge in [0, 0.05) is 19.5 Å². The van der Waals surface area contributed by atoms with Crippen molar-refractivity contribution in [3.63, 3.8) is 0 Å². The Bertz CT molecular complexity index is 350. The summed E-state index contributed by atoms with van der Waals surface area (Å²) in [6, 6.07) is -0.683. The summed E-state index contributed by atoms with van der Waals surface area (Å²) in [6.07, 6.45) is 3.30. The van der Waals surface area contributed by atoms with E-state index in [-0.39, 0.29) is 24.2 Å². The van der Waals surface area contributed by atoms with E-state index in [1.807, 2.05) is 4.90 Å². The van der Waals surface area contributed by atoms with Crippen LogP contribution in [0.2, 0.25) is 0 Å². The summed E-state index contributed by atoms with van der Waals surface area (Å²) in [7, 11) is 0. The van der Waals surface area contributed by atoms with Gasteiger partial charge in [-0.05, 0) is 37.0 Å². The second-order valence-corrected chi connectivity index (χ2v) is 6.86. The molecular weight excluding hydrogens is 256 g/mol. The van der Waals surface area contributed by atoms with Gasteiger partial charge in [0.25, 0.3) is 0 Å². The van der Waals surface area contributed by atoms with Crippen molar-refractivity contribution in [2.24, 2.45) is 17.1 Å². The van der Waals surface area contributed by atoms with Crippen LogP contribution in [0.3, 0.4) is 0 Å². The van der Waals surface area contributed by atoms with Crippen LogP contribution in [0, 0.1) is 11.3 Å². The third-order valence-corrected chi connectivity index (χ3v) is 4.25. The van der Waals surface area contributed by atoms with E-state index in [0.717, 1.165) is 32.4 Å². The van der Waals surface area contributed by atoms with Crippen molar-refractivity contribution in [2.45, 2.75) is 58.9 Å². The maximum atomic E-state index is 12.2. The molecule has 5 heteroatoms. The van der Waals surface area contributed by atoms with Crippen LogP contribution in [0.1, 0.15) is 52.9 Å². The summed E-state index contributed by atoms with van der Waals surface area (Å²) in [5, 5.41) is 8.64. The van der Waals surface area contributed by atoms with Crippen LogP contribution >= 0.6 is 0 Å². The number of hydrogen-bond acceptors (Lipinski definition) is 3. The van der Waals surface area contributed by atoms with Gasteiger partial charge in [0.05, 0.1) is 6.04 Å². The summed E-state index contributed by atoms with van der Waals surface area (Å²) >= 11 is 0. The van der Waals surface area contributed by atoms with Gasteiger partial charge in [0.15, 0.2) is 0 Å². The fraction of sp³-hybridized carbons (Fsp3) is 0.867. The number of carboxylic acid groups (broad SMARTS) is 1. The predicted octanol–water partition coefficient (Wildman–Crippen LogP) is 1.85. The van der Waals surface area contributed by atoms with Crippen LogP contribution in [0.25, 0.3) is 0 Å². The number of rotatable bonds is 4. The third kappa shape index (κ3) is 5.12. The van der Waals surface area contributed by atoms with E-state index in [9.17, 15) is 9.59 Å². The molecule has 116 valence electrons. The molecule has 1 aliphatic rings. The molecule has 1 amide bonds. The largest absolute Gasteiger partial charge is 0.481 e. The molecule has 3 N–H and O–H groups in total. The van der Waals surface area contributed by atoms with Crippen molar-refractivity contribution in [3.8, 4) is 0 Å². The molecule has 0 saturated carbocycles.